The third-order valence-electron chi connectivity index (χ3n) is 6.44. The van der Waals surface area contributed by atoms with Gasteiger partial charge < -0.3 is 14.4 Å². The monoisotopic (exact) mass is 508 g/mol. The van der Waals surface area contributed by atoms with Crippen molar-refractivity contribution in [3.63, 3.8) is 0 Å². The smallest absolute Gasteiger partial charge is 0.217 e. The van der Waals surface area contributed by atoms with Crippen molar-refractivity contribution in [1.29, 1.82) is 0 Å². The first kappa shape index (κ1) is 35.9. The third kappa shape index (κ3) is 34.0. The van der Waals surface area contributed by atoms with E-state index in [0.29, 0.717) is 0 Å². The molecule has 0 rings (SSSR count). The van der Waals surface area contributed by atoms with Gasteiger partial charge in [-0.15, -0.1) is 0 Å². The van der Waals surface area contributed by atoms with Crippen LogP contribution >= 0.6 is 0 Å². The minimum Gasteiger partial charge on any atom is -0.726 e. The van der Waals surface area contributed by atoms with E-state index in [1.807, 2.05) is 0 Å². The summed E-state index contributed by atoms with van der Waals surface area (Å²) in [5.74, 6) is 0. The third-order valence-corrected chi connectivity index (χ3v) is 6.97. The van der Waals surface area contributed by atoms with Crippen molar-refractivity contribution < 1.29 is 21.6 Å². The molecular formula is C27H60N2O4S. The number of rotatable bonds is 24. The first-order valence-electron chi connectivity index (χ1n) is 14.3. The fraction of sp³-hybridized carbons (Fsp3) is 1.00. The maximum atomic E-state index is 9.45. The Balaban J connectivity index is 0. The van der Waals surface area contributed by atoms with E-state index in [2.05, 4.69) is 37.4 Å². The summed E-state index contributed by atoms with van der Waals surface area (Å²) in [6, 6.07) is 0. The fourth-order valence-electron chi connectivity index (χ4n) is 3.86. The molecule has 0 spiro atoms. The highest BCUT2D eigenvalue weighted by molar-refractivity contribution is 7.80. The maximum Gasteiger partial charge on any atom is 0.217 e. The zero-order valence-electron chi connectivity index (χ0n) is 23.5. The Kier molecular flexibility index (Phi) is 27.4. The van der Waals surface area contributed by atoms with Gasteiger partial charge >= 0.3 is 0 Å². The lowest BCUT2D eigenvalue weighted by Crippen LogP contribution is -2.41. The van der Waals surface area contributed by atoms with E-state index < -0.39 is 10.4 Å². The molecule has 6 nitrogen and oxygen atoms in total. The molecule has 0 aromatic carbocycles. The van der Waals surface area contributed by atoms with Crippen molar-refractivity contribution in [3.05, 3.63) is 0 Å². The molecule has 34 heavy (non-hydrogen) atoms. The second kappa shape index (κ2) is 25.9. The summed E-state index contributed by atoms with van der Waals surface area (Å²) in [6.45, 7) is 10.9. The van der Waals surface area contributed by atoms with Crippen LogP contribution in [0.4, 0.5) is 0 Å². The molecule has 0 bridgehead atoms. The van der Waals surface area contributed by atoms with Crippen molar-refractivity contribution in [3.8, 4) is 0 Å². The van der Waals surface area contributed by atoms with E-state index in [0.717, 1.165) is 4.48 Å². The number of nitrogens with zero attached hydrogens (tertiary/aromatic N) is 1. The summed E-state index contributed by atoms with van der Waals surface area (Å²) < 4.78 is 33.2. The van der Waals surface area contributed by atoms with Crippen LogP contribution in [0.3, 0.4) is 0 Å². The van der Waals surface area contributed by atoms with E-state index in [1.54, 1.807) is 0 Å². The highest BCUT2D eigenvalue weighted by Crippen LogP contribution is 2.13. The largest absolute Gasteiger partial charge is 0.726 e. The van der Waals surface area contributed by atoms with Gasteiger partial charge in [-0.3, -0.25) is 4.18 Å². The molecule has 0 radical (unpaired) electrons. The van der Waals surface area contributed by atoms with Crippen LogP contribution in [-0.4, -0.2) is 64.3 Å². The number of hydrogen-bond donors (Lipinski definition) is 1. The van der Waals surface area contributed by atoms with Gasteiger partial charge in [0, 0.05) is 13.0 Å². The average molecular weight is 509 g/mol. The van der Waals surface area contributed by atoms with Crippen LogP contribution in [0.25, 0.3) is 0 Å². The van der Waals surface area contributed by atoms with Gasteiger partial charge in [0.25, 0.3) is 0 Å². The minimum atomic E-state index is -4.42. The van der Waals surface area contributed by atoms with Crippen LogP contribution in [0.2, 0.25) is 0 Å². The van der Waals surface area contributed by atoms with Gasteiger partial charge in [0.2, 0.25) is 10.4 Å². The van der Waals surface area contributed by atoms with Crippen LogP contribution in [0.1, 0.15) is 130 Å². The summed E-state index contributed by atoms with van der Waals surface area (Å²) in [6.07, 6.45) is 24.5. The SMILES string of the molecule is CCCCCCCCCCCCCCCCCCNCCC[N+](C)(C)CC.CCOS(=O)(=O)[O-]. The van der Waals surface area contributed by atoms with Crippen molar-refractivity contribution in [2.24, 2.45) is 0 Å². The highest BCUT2D eigenvalue weighted by atomic mass is 32.3. The lowest BCUT2D eigenvalue weighted by molar-refractivity contribution is -0.888. The first-order chi connectivity index (χ1) is 16.2. The molecule has 208 valence electrons. The van der Waals surface area contributed by atoms with Gasteiger partial charge in [-0.25, -0.2) is 8.42 Å². The summed E-state index contributed by atoms with van der Waals surface area (Å²) >= 11 is 0. The average Bonchev–Trinajstić information content (AvgIpc) is 2.77. The Hall–Kier alpha value is -0.210. The molecule has 0 saturated heterocycles. The predicted molar refractivity (Wildman–Crippen MR) is 146 cm³/mol. The van der Waals surface area contributed by atoms with Crippen molar-refractivity contribution >= 4 is 10.4 Å². The number of unbranched alkanes of at least 4 members (excludes halogenated alkanes) is 15. The quantitative estimate of drug-likeness (QED) is 0.0671. The lowest BCUT2D eigenvalue weighted by Gasteiger charge is -2.28. The molecule has 0 aliphatic rings. The Morgan fingerprint density at radius 2 is 1.03 bits per heavy atom. The van der Waals surface area contributed by atoms with Crippen LogP contribution < -0.4 is 5.32 Å². The van der Waals surface area contributed by atoms with Crippen molar-refractivity contribution in [2.75, 3.05) is 46.9 Å². The van der Waals surface area contributed by atoms with Crippen LogP contribution in [-0.2, 0) is 14.6 Å². The van der Waals surface area contributed by atoms with Gasteiger partial charge in [0.1, 0.15) is 0 Å². The summed E-state index contributed by atoms with van der Waals surface area (Å²) in [7, 11) is 0.234. The first-order valence-corrected chi connectivity index (χ1v) is 15.6. The normalized spacial score (nSPS) is 11.9. The molecule has 0 aliphatic heterocycles. The summed E-state index contributed by atoms with van der Waals surface area (Å²) in [4.78, 5) is 0. The lowest BCUT2D eigenvalue weighted by atomic mass is 10.0. The molecule has 7 heteroatoms. The Morgan fingerprint density at radius 1 is 0.647 bits per heavy atom. The van der Waals surface area contributed by atoms with Crippen LogP contribution in [0.15, 0.2) is 0 Å². The second-order valence-corrected chi connectivity index (χ2v) is 11.2. The molecule has 0 atom stereocenters. The zero-order valence-corrected chi connectivity index (χ0v) is 24.4. The number of nitrogens with one attached hydrogen (secondary N) is 1. The molecule has 0 aliphatic carbocycles. The molecule has 0 heterocycles. The molecule has 1 N–H and O–H groups in total. The van der Waals surface area contributed by atoms with Crippen LogP contribution in [0, 0.1) is 0 Å². The number of quaternary nitrogens is 1. The van der Waals surface area contributed by atoms with Gasteiger partial charge in [-0.2, -0.15) is 0 Å². The fourth-order valence-corrected chi connectivity index (χ4v) is 4.15. The molecule has 0 unspecified atom stereocenters. The maximum absolute atomic E-state index is 9.45. The Labute approximate surface area is 214 Å². The summed E-state index contributed by atoms with van der Waals surface area (Å²) in [5.41, 5.74) is 0. The van der Waals surface area contributed by atoms with E-state index in [9.17, 15) is 13.0 Å². The van der Waals surface area contributed by atoms with Gasteiger partial charge in [0.05, 0.1) is 33.8 Å². The van der Waals surface area contributed by atoms with E-state index in [1.165, 1.54) is 142 Å². The predicted octanol–water partition coefficient (Wildman–Crippen LogP) is 6.81. The highest BCUT2D eigenvalue weighted by Gasteiger charge is 2.09. The summed E-state index contributed by atoms with van der Waals surface area (Å²) in [5, 5.41) is 3.62. The van der Waals surface area contributed by atoms with Crippen LogP contribution in [0.5, 0.6) is 0 Å². The van der Waals surface area contributed by atoms with Gasteiger partial charge in [-0.1, -0.05) is 103 Å². The molecule has 0 aromatic rings. The molecule has 0 aromatic heterocycles. The topological polar surface area (TPSA) is 78.5 Å². The molecule has 0 saturated carbocycles. The standard InChI is InChI=1S/C25H55N2.C2H6O4S/c1-5-7-8-9-10-11-12-13-14-15-16-17-18-19-20-21-23-26-24-22-25-27(3,4)6-2;1-2-6-7(3,4)5/h26H,5-25H2,1-4H3;2H2,1H3,(H,3,4,5)/q+1;/p-1. The number of hydrogen-bond acceptors (Lipinski definition) is 5. The van der Waals surface area contributed by atoms with Gasteiger partial charge in [-0.05, 0) is 26.8 Å². The van der Waals surface area contributed by atoms with Crippen molar-refractivity contribution in [1.82, 2.24) is 5.32 Å². The molecule has 0 fully saturated rings. The van der Waals surface area contributed by atoms with E-state index >= 15 is 0 Å². The molecular weight excluding hydrogens is 448 g/mol. The van der Waals surface area contributed by atoms with Crippen molar-refractivity contribution in [2.45, 2.75) is 130 Å². The second-order valence-electron chi connectivity index (χ2n) is 10.2. The van der Waals surface area contributed by atoms with Gasteiger partial charge in [0.15, 0.2) is 0 Å². The Bertz CT molecular complexity index is 499. The van der Waals surface area contributed by atoms with E-state index in [-0.39, 0.29) is 6.61 Å². The minimum absolute atomic E-state index is 0.0914. The molecule has 0 amide bonds. The zero-order chi connectivity index (χ0) is 26.0. The van der Waals surface area contributed by atoms with E-state index in [4.69, 9.17) is 0 Å². The Morgan fingerprint density at radius 3 is 1.35 bits per heavy atom.